The topological polar surface area (TPSA) is 39.7 Å². The highest BCUT2D eigenvalue weighted by molar-refractivity contribution is 14.0. The average Bonchev–Trinajstić information content (AvgIpc) is 3.05. The van der Waals surface area contributed by atoms with Gasteiger partial charge in [0.05, 0.1) is 6.04 Å². The van der Waals surface area contributed by atoms with Crippen LogP contribution in [0.15, 0.2) is 35.3 Å². The van der Waals surface area contributed by atoms with Crippen LogP contribution in [-0.2, 0) is 0 Å². The molecule has 1 fully saturated rings. The van der Waals surface area contributed by atoms with Crippen LogP contribution in [0.1, 0.15) is 38.3 Å². The van der Waals surface area contributed by atoms with Crippen molar-refractivity contribution in [2.45, 2.75) is 32.7 Å². The zero-order chi connectivity index (χ0) is 15.8. The summed E-state index contributed by atoms with van der Waals surface area (Å²) in [7, 11) is 1.83. The molecular formula is C18H31IN4. The molecule has 1 aromatic rings. The highest BCUT2D eigenvalue weighted by Gasteiger charge is 2.15. The van der Waals surface area contributed by atoms with E-state index in [1.807, 2.05) is 13.1 Å². The SMILES string of the molecule is CN=C(NCC(C)CN1CCCC1)NC(C)c1ccccc1.I. The Bertz CT molecular complexity index is 457. The van der Waals surface area contributed by atoms with Gasteiger partial charge in [0, 0.05) is 20.1 Å². The van der Waals surface area contributed by atoms with Gasteiger partial charge in [0.15, 0.2) is 5.96 Å². The summed E-state index contributed by atoms with van der Waals surface area (Å²) in [6, 6.07) is 10.7. The fourth-order valence-electron chi connectivity index (χ4n) is 2.97. The van der Waals surface area contributed by atoms with Crippen molar-refractivity contribution in [2.24, 2.45) is 10.9 Å². The number of nitrogens with one attached hydrogen (secondary N) is 2. The van der Waals surface area contributed by atoms with Crippen molar-refractivity contribution in [2.75, 3.05) is 33.2 Å². The molecule has 2 N–H and O–H groups in total. The van der Waals surface area contributed by atoms with Gasteiger partial charge in [0.2, 0.25) is 0 Å². The number of guanidine groups is 1. The molecule has 2 rings (SSSR count). The number of likely N-dealkylation sites (tertiary alicyclic amines) is 1. The molecule has 0 radical (unpaired) electrons. The van der Waals surface area contributed by atoms with Crippen molar-refractivity contribution < 1.29 is 0 Å². The minimum Gasteiger partial charge on any atom is -0.356 e. The Morgan fingerprint density at radius 1 is 1.17 bits per heavy atom. The van der Waals surface area contributed by atoms with Crippen molar-refractivity contribution >= 4 is 29.9 Å². The Balaban J connectivity index is 0.00000264. The predicted molar refractivity (Wildman–Crippen MR) is 110 cm³/mol. The predicted octanol–water partition coefficient (Wildman–Crippen LogP) is 3.26. The van der Waals surface area contributed by atoms with Crippen molar-refractivity contribution in [3.63, 3.8) is 0 Å². The average molecular weight is 430 g/mol. The first-order chi connectivity index (χ1) is 10.7. The van der Waals surface area contributed by atoms with Crippen LogP contribution in [0.4, 0.5) is 0 Å². The molecule has 2 atom stereocenters. The van der Waals surface area contributed by atoms with E-state index in [0.717, 1.165) is 12.5 Å². The Morgan fingerprint density at radius 2 is 1.83 bits per heavy atom. The van der Waals surface area contributed by atoms with Gasteiger partial charge < -0.3 is 15.5 Å². The molecule has 4 nitrogen and oxygen atoms in total. The summed E-state index contributed by atoms with van der Waals surface area (Å²) in [5.74, 6) is 1.51. The third-order valence-electron chi connectivity index (χ3n) is 4.26. The molecule has 1 aromatic carbocycles. The second-order valence-electron chi connectivity index (χ2n) is 6.34. The molecule has 0 bridgehead atoms. The van der Waals surface area contributed by atoms with E-state index in [4.69, 9.17) is 0 Å². The van der Waals surface area contributed by atoms with Gasteiger partial charge in [-0.3, -0.25) is 4.99 Å². The van der Waals surface area contributed by atoms with Crippen LogP contribution in [0, 0.1) is 5.92 Å². The maximum absolute atomic E-state index is 4.34. The lowest BCUT2D eigenvalue weighted by Gasteiger charge is -2.23. The van der Waals surface area contributed by atoms with Gasteiger partial charge in [-0.2, -0.15) is 0 Å². The molecule has 5 heteroatoms. The molecule has 23 heavy (non-hydrogen) atoms. The van der Waals surface area contributed by atoms with Crippen LogP contribution in [-0.4, -0.2) is 44.1 Å². The van der Waals surface area contributed by atoms with Crippen LogP contribution in [0.3, 0.4) is 0 Å². The maximum Gasteiger partial charge on any atom is 0.191 e. The van der Waals surface area contributed by atoms with E-state index in [0.29, 0.717) is 5.92 Å². The molecule has 1 saturated heterocycles. The molecule has 0 amide bonds. The van der Waals surface area contributed by atoms with E-state index in [1.165, 1.54) is 38.0 Å². The van der Waals surface area contributed by atoms with Gasteiger partial charge in [-0.05, 0) is 44.3 Å². The second kappa shape index (κ2) is 10.9. The van der Waals surface area contributed by atoms with Crippen LogP contribution in [0.5, 0.6) is 0 Å². The van der Waals surface area contributed by atoms with E-state index in [1.54, 1.807) is 0 Å². The largest absolute Gasteiger partial charge is 0.356 e. The van der Waals surface area contributed by atoms with E-state index < -0.39 is 0 Å². The minimum absolute atomic E-state index is 0. The molecule has 0 spiro atoms. The smallest absolute Gasteiger partial charge is 0.191 e. The summed E-state index contributed by atoms with van der Waals surface area (Å²) in [5.41, 5.74) is 1.27. The molecule has 0 aromatic heterocycles. The van der Waals surface area contributed by atoms with E-state index in [9.17, 15) is 0 Å². The normalized spacial score (nSPS) is 18.1. The maximum atomic E-state index is 4.34. The first-order valence-corrected chi connectivity index (χ1v) is 8.43. The number of benzene rings is 1. The van der Waals surface area contributed by atoms with Crippen LogP contribution in [0.2, 0.25) is 0 Å². The summed E-state index contributed by atoms with van der Waals surface area (Å²) in [4.78, 5) is 6.90. The van der Waals surface area contributed by atoms with E-state index in [2.05, 4.69) is 58.6 Å². The third kappa shape index (κ3) is 7.08. The summed E-state index contributed by atoms with van der Waals surface area (Å²) < 4.78 is 0. The summed E-state index contributed by atoms with van der Waals surface area (Å²) in [5, 5.41) is 6.91. The van der Waals surface area contributed by atoms with Crippen LogP contribution in [0.25, 0.3) is 0 Å². The number of rotatable bonds is 6. The first-order valence-electron chi connectivity index (χ1n) is 8.43. The van der Waals surface area contributed by atoms with Gasteiger partial charge in [0.1, 0.15) is 0 Å². The van der Waals surface area contributed by atoms with Gasteiger partial charge in [0.25, 0.3) is 0 Å². The highest BCUT2D eigenvalue weighted by atomic mass is 127. The number of halogens is 1. The second-order valence-corrected chi connectivity index (χ2v) is 6.34. The van der Waals surface area contributed by atoms with Crippen molar-refractivity contribution in [3.8, 4) is 0 Å². The summed E-state index contributed by atoms with van der Waals surface area (Å²) in [6.07, 6.45) is 2.72. The summed E-state index contributed by atoms with van der Waals surface area (Å²) >= 11 is 0. The molecule has 1 aliphatic heterocycles. The van der Waals surface area contributed by atoms with Crippen molar-refractivity contribution in [3.05, 3.63) is 35.9 Å². The van der Waals surface area contributed by atoms with E-state index in [-0.39, 0.29) is 30.0 Å². The number of aliphatic imine (C=N–C) groups is 1. The van der Waals surface area contributed by atoms with Gasteiger partial charge >= 0.3 is 0 Å². The Morgan fingerprint density at radius 3 is 2.43 bits per heavy atom. The summed E-state index contributed by atoms with van der Waals surface area (Å²) in [6.45, 7) is 9.13. The van der Waals surface area contributed by atoms with Crippen molar-refractivity contribution in [1.29, 1.82) is 0 Å². The molecule has 1 aliphatic rings. The molecule has 1 heterocycles. The molecule has 0 aliphatic carbocycles. The fraction of sp³-hybridized carbons (Fsp3) is 0.611. The minimum atomic E-state index is 0. The van der Waals surface area contributed by atoms with Gasteiger partial charge in [-0.25, -0.2) is 0 Å². The third-order valence-corrected chi connectivity index (χ3v) is 4.26. The number of hydrogen-bond donors (Lipinski definition) is 2. The van der Waals surface area contributed by atoms with Gasteiger partial charge in [-0.15, -0.1) is 24.0 Å². The Kier molecular flexibility index (Phi) is 9.55. The zero-order valence-corrected chi connectivity index (χ0v) is 16.9. The first kappa shape index (κ1) is 20.2. The lowest BCUT2D eigenvalue weighted by atomic mass is 10.1. The van der Waals surface area contributed by atoms with E-state index >= 15 is 0 Å². The van der Waals surface area contributed by atoms with Crippen molar-refractivity contribution in [1.82, 2.24) is 15.5 Å². The molecule has 0 saturated carbocycles. The van der Waals surface area contributed by atoms with Crippen LogP contribution < -0.4 is 10.6 Å². The Hall–Kier alpha value is -0.820. The monoisotopic (exact) mass is 430 g/mol. The lowest BCUT2D eigenvalue weighted by Crippen LogP contribution is -2.42. The highest BCUT2D eigenvalue weighted by Crippen LogP contribution is 2.11. The van der Waals surface area contributed by atoms with Gasteiger partial charge in [-0.1, -0.05) is 37.3 Å². The molecule has 130 valence electrons. The lowest BCUT2D eigenvalue weighted by molar-refractivity contribution is 0.287. The molecular weight excluding hydrogens is 399 g/mol. The van der Waals surface area contributed by atoms with Crippen LogP contribution >= 0.6 is 24.0 Å². The Labute approximate surface area is 158 Å². The number of hydrogen-bond acceptors (Lipinski definition) is 2. The number of nitrogens with zero attached hydrogens (tertiary/aromatic N) is 2. The quantitative estimate of drug-likeness (QED) is 0.414. The fourth-order valence-corrected chi connectivity index (χ4v) is 2.97. The standard InChI is InChI=1S/C18H30N4.HI/c1-15(14-22-11-7-8-12-22)13-20-18(19-3)21-16(2)17-9-5-4-6-10-17;/h4-6,9-10,15-16H,7-8,11-14H2,1-3H3,(H2,19,20,21);1H. The zero-order valence-electron chi connectivity index (χ0n) is 14.6. The molecule has 2 unspecified atom stereocenters.